The van der Waals surface area contributed by atoms with Crippen LogP contribution in [0.3, 0.4) is 0 Å². The first-order valence-electron chi connectivity index (χ1n) is 4.03. The number of hydrogen-bond acceptors (Lipinski definition) is 2. The molecular formula is C8H13BrN2O. The van der Waals surface area contributed by atoms with Gasteiger partial charge < -0.3 is 5.11 Å². The van der Waals surface area contributed by atoms with Crippen molar-refractivity contribution >= 4 is 15.9 Å². The van der Waals surface area contributed by atoms with Gasteiger partial charge in [-0.2, -0.15) is 5.10 Å². The molecule has 0 radical (unpaired) electrons. The van der Waals surface area contributed by atoms with Crippen LogP contribution in [0.4, 0.5) is 0 Å². The molecule has 0 saturated heterocycles. The number of rotatable bonds is 3. The third-order valence-corrected chi connectivity index (χ3v) is 2.83. The molecule has 0 aliphatic heterocycles. The number of halogens is 1. The number of aryl methyl sites for hydroxylation is 2. The molecule has 0 aliphatic carbocycles. The Bertz CT molecular complexity index is 270. The molecule has 0 fully saturated rings. The molecule has 0 amide bonds. The number of aliphatic hydroxyl groups excluding tert-OH is 1. The Hall–Kier alpha value is -0.350. The van der Waals surface area contributed by atoms with Gasteiger partial charge in [0.15, 0.2) is 0 Å². The van der Waals surface area contributed by atoms with Crippen molar-refractivity contribution in [2.45, 2.75) is 26.8 Å². The van der Waals surface area contributed by atoms with Gasteiger partial charge in [-0.1, -0.05) is 0 Å². The quantitative estimate of drug-likeness (QED) is 0.859. The lowest BCUT2D eigenvalue weighted by Crippen LogP contribution is -2.04. The van der Waals surface area contributed by atoms with Crippen molar-refractivity contribution in [2.75, 3.05) is 6.61 Å². The second-order valence-corrected chi connectivity index (χ2v) is 3.43. The van der Waals surface area contributed by atoms with Crippen LogP contribution in [0.15, 0.2) is 4.47 Å². The molecule has 68 valence electrons. The standard InChI is InChI=1S/C8H13BrN2O/c1-3-11-7(4-5-12)8(9)6(2)10-11/h12H,3-5H2,1-2H3. The Morgan fingerprint density at radius 3 is 2.75 bits per heavy atom. The Labute approximate surface area is 80.5 Å². The lowest BCUT2D eigenvalue weighted by molar-refractivity contribution is 0.295. The van der Waals surface area contributed by atoms with Crippen molar-refractivity contribution < 1.29 is 5.11 Å². The summed E-state index contributed by atoms with van der Waals surface area (Å²) in [5, 5.41) is 13.1. The fourth-order valence-electron chi connectivity index (χ4n) is 1.21. The summed E-state index contributed by atoms with van der Waals surface area (Å²) in [7, 11) is 0. The molecule has 1 aromatic heterocycles. The summed E-state index contributed by atoms with van der Waals surface area (Å²) in [6.07, 6.45) is 0.662. The lowest BCUT2D eigenvalue weighted by Gasteiger charge is -2.02. The number of aromatic nitrogens is 2. The Morgan fingerprint density at radius 1 is 1.58 bits per heavy atom. The molecule has 0 bridgehead atoms. The van der Waals surface area contributed by atoms with E-state index >= 15 is 0 Å². The fourth-order valence-corrected chi connectivity index (χ4v) is 1.70. The Morgan fingerprint density at radius 2 is 2.25 bits per heavy atom. The summed E-state index contributed by atoms with van der Waals surface area (Å²) in [5.74, 6) is 0. The number of hydrogen-bond donors (Lipinski definition) is 1. The van der Waals surface area contributed by atoms with E-state index in [1.165, 1.54) is 0 Å². The molecule has 0 aromatic carbocycles. The zero-order chi connectivity index (χ0) is 9.14. The zero-order valence-electron chi connectivity index (χ0n) is 7.34. The second-order valence-electron chi connectivity index (χ2n) is 2.64. The van der Waals surface area contributed by atoms with Gasteiger partial charge in [0.05, 0.1) is 15.9 Å². The van der Waals surface area contributed by atoms with Crippen molar-refractivity contribution in [1.29, 1.82) is 0 Å². The molecule has 4 heteroatoms. The SMILES string of the molecule is CCn1nc(C)c(Br)c1CCO. The van der Waals surface area contributed by atoms with Gasteiger partial charge in [0.1, 0.15) is 0 Å². The van der Waals surface area contributed by atoms with Crippen LogP contribution in [-0.2, 0) is 13.0 Å². The van der Waals surface area contributed by atoms with E-state index in [-0.39, 0.29) is 6.61 Å². The molecule has 3 nitrogen and oxygen atoms in total. The first-order chi connectivity index (χ1) is 5.70. The highest BCUT2D eigenvalue weighted by molar-refractivity contribution is 9.10. The minimum absolute atomic E-state index is 0.170. The Kier molecular flexibility index (Phi) is 3.29. The maximum atomic E-state index is 8.81. The molecule has 0 aliphatic rings. The van der Waals surface area contributed by atoms with Gasteiger partial charge in [0.25, 0.3) is 0 Å². The molecule has 0 saturated carbocycles. The van der Waals surface area contributed by atoms with Crippen molar-refractivity contribution in [1.82, 2.24) is 9.78 Å². The summed E-state index contributed by atoms with van der Waals surface area (Å²) >= 11 is 3.45. The van der Waals surface area contributed by atoms with Gasteiger partial charge in [-0.15, -0.1) is 0 Å². The van der Waals surface area contributed by atoms with Gasteiger partial charge >= 0.3 is 0 Å². The largest absolute Gasteiger partial charge is 0.396 e. The van der Waals surface area contributed by atoms with Crippen LogP contribution in [-0.4, -0.2) is 21.5 Å². The highest BCUT2D eigenvalue weighted by Crippen LogP contribution is 2.20. The first-order valence-corrected chi connectivity index (χ1v) is 4.82. The van der Waals surface area contributed by atoms with Crippen LogP contribution in [0.1, 0.15) is 18.3 Å². The van der Waals surface area contributed by atoms with Crippen LogP contribution in [0.25, 0.3) is 0 Å². The summed E-state index contributed by atoms with van der Waals surface area (Å²) < 4.78 is 2.94. The highest BCUT2D eigenvalue weighted by Gasteiger charge is 2.10. The molecule has 0 unspecified atom stereocenters. The minimum Gasteiger partial charge on any atom is -0.396 e. The third kappa shape index (κ3) is 1.69. The average Bonchev–Trinajstić information content (AvgIpc) is 2.33. The second kappa shape index (κ2) is 4.05. The summed E-state index contributed by atoms with van der Waals surface area (Å²) in [6, 6.07) is 0. The molecule has 1 N–H and O–H groups in total. The normalized spacial score (nSPS) is 10.7. The topological polar surface area (TPSA) is 38.0 Å². The van der Waals surface area contributed by atoms with E-state index in [0.29, 0.717) is 6.42 Å². The van der Waals surface area contributed by atoms with Crippen LogP contribution in [0.2, 0.25) is 0 Å². The monoisotopic (exact) mass is 232 g/mol. The van der Waals surface area contributed by atoms with Gasteiger partial charge in [0.2, 0.25) is 0 Å². The molecule has 1 aromatic rings. The summed E-state index contributed by atoms with van der Waals surface area (Å²) in [5.41, 5.74) is 2.07. The number of aliphatic hydroxyl groups is 1. The van der Waals surface area contributed by atoms with Gasteiger partial charge in [-0.05, 0) is 29.8 Å². The van der Waals surface area contributed by atoms with Crippen LogP contribution in [0, 0.1) is 6.92 Å². The smallest absolute Gasteiger partial charge is 0.0738 e. The van der Waals surface area contributed by atoms with E-state index in [0.717, 1.165) is 22.4 Å². The van der Waals surface area contributed by atoms with E-state index in [1.54, 1.807) is 0 Å². The lowest BCUT2D eigenvalue weighted by atomic mass is 10.3. The van der Waals surface area contributed by atoms with Crippen molar-refractivity contribution in [3.63, 3.8) is 0 Å². The number of nitrogens with zero attached hydrogens (tertiary/aromatic N) is 2. The molecule has 1 heterocycles. The molecule has 0 atom stereocenters. The first kappa shape index (κ1) is 9.74. The predicted octanol–water partition coefficient (Wildman–Crippen LogP) is 1.51. The van der Waals surface area contributed by atoms with Crippen LogP contribution < -0.4 is 0 Å². The van der Waals surface area contributed by atoms with Gasteiger partial charge in [-0.25, -0.2) is 0 Å². The fraction of sp³-hybridized carbons (Fsp3) is 0.625. The van der Waals surface area contributed by atoms with E-state index in [9.17, 15) is 0 Å². The maximum Gasteiger partial charge on any atom is 0.0738 e. The zero-order valence-corrected chi connectivity index (χ0v) is 8.93. The van der Waals surface area contributed by atoms with Crippen molar-refractivity contribution in [2.24, 2.45) is 0 Å². The predicted molar refractivity (Wildman–Crippen MR) is 51.1 cm³/mol. The third-order valence-electron chi connectivity index (χ3n) is 1.80. The van der Waals surface area contributed by atoms with Crippen LogP contribution >= 0.6 is 15.9 Å². The van der Waals surface area contributed by atoms with E-state index in [1.807, 2.05) is 18.5 Å². The Balaban J connectivity index is 3.03. The van der Waals surface area contributed by atoms with E-state index in [4.69, 9.17) is 5.11 Å². The molecule has 0 spiro atoms. The van der Waals surface area contributed by atoms with E-state index < -0.39 is 0 Å². The maximum absolute atomic E-state index is 8.81. The van der Waals surface area contributed by atoms with Gasteiger partial charge in [-0.3, -0.25) is 4.68 Å². The molecule has 1 rings (SSSR count). The summed E-state index contributed by atoms with van der Waals surface area (Å²) in [6.45, 7) is 5.02. The van der Waals surface area contributed by atoms with Crippen molar-refractivity contribution in [3.8, 4) is 0 Å². The van der Waals surface area contributed by atoms with E-state index in [2.05, 4.69) is 21.0 Å². The highest BCUT2D eigenvalue weighted by atomic mass is 79.9. The molecule has 12 heavy (non-hydrogen) atoms. The molecular weight excluding hydrogens is 220 g/mol. The minimum atomic E-state index is 0.170. The summed E-state index contributed by atoms with van der Waals surface area (Å²) in [4.78, 5) is 0. The van der Waals surface area contributed by atoms with Crippen LogP contribution in [0.5, 0.6) is 0 Å². The van der Waals surface area contributed by atoms with Crippen molar-refractivity contribution in [3.05, 3.63) is 15.9 Å². The van der Waals surface area contributed by atoms with Gasteiger partial charge in [0, 0.05) is 19.6 Å². The average molecular weight is 233 g/mol.